The lowest BCUT2D eigenvalue weighted by Gasteiger charge is -2.02. The van der Waals surface area contributed by atoms with Gasteiger partial charge in [0, 0.05) is 6.61 Å². The van der Waals surface area contributed by atoms with E-state index < -0.39 is 0 Å². The SMILES string of the molecule is Clc1n[nH]c([C@H]2CCCO2)n1. The minimum atomic E-state index is 0.0787. The summed E-state index contributed by atoms with van der Waals surface area (Å²) < 4.78 is 5.36. The number of aromatic nitrogens is 3. The van der Waals surface area contributed by atoms with Crippen LogP contribution in [0.15, 0.2) is 0 Å². The molecule has 5 heteroatoms. The highest BCUT2D eigenvalue weighted by Gasteiger charge is 2.20. The quantitative estimate of drug-likeness (QED) is 0.697. The van der Waals surface area contributed by atoms with Crippen LogP contribution in [-0.4, -0.2) is 21.8 Å². The van der Waals surface area contributed by atoms with Crippen molar-refractivity contribution in [1.82, 2.24) is 15.2 Å². The third-order valence-electron chi connectivity index (χ3n) is 1.71. The van der Waals surface area contributed by atoms with Gasteiger partial charge in [0.2, 0.25) is 5.28 Å². The fourth-order valence-electron chi connectivity index (χ4n) is 1.19. The normalized spacial score (nSPS) is 24.3. The highest BCUT2D eigenvalue weighted by Crippen LogP contribution is 2.25. The molecule has 0 saturated carbocycles. The molecule has 0 aliphatic carbocycles. The maximum atomic E-state index is 5.53. The van der Waals surface area contributed by atoms with Crippen molar-refractivity contribution in [3.05, 3.63) is 11.1 Å². The molecule has 2 heterocycles. The number of ether oxygens (including phenoxy) is 1. The van der Waals surface area contributed by atoms with Gasteiger partial charge in [-0.2, -0.15) is 4.98 Å². The average Bonchev–Trinajstić information content (AvgIpc) is 2.55. The third-order valence-corrected chi connectivity index (χ3v) is 1.88. The van der Waals surface area contributed by atoms with Crippen molar-refractivity contribution in [2.45, 2.75) is 18.9 Å². The first-order chi connectivity index (χ1) is 5.36. The molecule has 1 aliphatic heterocycles. The topological polar surface area (TPSA) is 50.8 Å². The Morgan fingerprint density at radius 2 is 2.55 bits per heavy atom. The minimum Gasteiger partial charge on any atom is -0.370 e. The van der Waals surface area contributed by atoms with Gasteiger partial charge in [-0.3, -0.25) is 5.10 Å². The Morgan fingerprint density at radius 3 is 3.09 bits per heavy atom. The maximum Gasteiger partial charge on any atom is 0.242 e. The molecule has 2 rings (SSSR count). The molecule has 4 nitrogen and oxygen atoms in total. The van der Waals surface area contributed by atoms with E-state index in [0.717, 1.165) is 25.3 Å². The predicted octanol–water partition coefficient (Wildman–Crippen LogP) is 1.31. The molecule has 11 heavy (non-hydrogen) atoms. The minimum absolute atomic E-state index is 0.0787. The standard InChI is InChI=1S/C6H8ClN3O/c7-6-8-5(9-10-6)4-2-1-3-11-4/h4H,1-3H2,(H,8,9,10)/t4-/m1/s1. The second kappa shape index (κ2) is 2.79. The van der Waals surface area contributed by atoms with E-state index in [2.05, 4.69) is 15.2 Å². The van der Waals surface area contributed by atoms with Crippen LogP contribution in [0.2, 0.25) is 5.28 Å². The molecular formula is C6H8ClN3O. The Hall–Kier alpha value is -0.610. The van der Waals surface area contributed by atoms with E-state index in [1.807, 2.05) is 0 Å². The van der Waals surface area contributed by atoms with Gasteiger partial charge in [0.1, 0.15) is 6.10 Å². The van der Waals surface area contributed by atoms with Crippen LogP contribution >= 0.6 is 11.6 Å². The zero-order chi connectivity index (χ0) is 7.68. The molecule has 1 N–H and O–H groups in total. The zero-order valence-corrected chi connectivity index (χ0v) is 6.64. The van der Waals surface area contributed by atoms with E-state index in [1.165, 1.54) is 0 Å². The number of aromatic amines is 1. The van der Waals surface area contributed by atoms with Crippen molar-refractivity contribution in [2.24, 2.45) is 0 Å². The van der Waals surface area contributed by atoms with Gasteiger partial charge >= 0.3 is 0 Å². The molecule has 0 aromatic carbocycles. The van der Waals surface area contributed by atoms with E-state index in [1.54, 1.807) is 0 Å². The van der Waals surface area contributed by atoms with Crippen molar-refractivity contribution in [1.29, 1.82) is 0 Å². The van der Waals surface area contributed by atoms with Gasteiger partial charge in [-0.05, 0) is 24.4 Å². The number of H-pyrrole nitrogens is 1. The first-order valence-corrected chi connectivity index (χ1v) is 3.93. The fraction of sp³-hybridized carbons (Fsp3) is 0.667. The van der Waals surface area contributed by atoms with Crippen molar-refractivity contribution < 1.29 is 4.74 Å². The molecule has 0 spiro atoms. The van der Waals surface area contributed by atoms with Crippen molar-refractivity contribution in [3.63, 3.8) is 0 Å². The molecule has 1 aliphatic rings. The molecule has 1 atom stereocenters. The van der Waals surface area contributed by atoms with E-state index in [9.17, 15) is 0 Å². The first kappa shape index (κ1) is 7.06. The monoisotopic (exact) mass is 173 g/mol. The molecular weight excluding hydrogens is 166 g/mol. The molecule has 0 unspecified atom stereocenters. The number of hydrogen-bond donors (Lipinski definition) is 1. The molecule has 0 radical (unpaired) electrons. The van der Waals surface area contributed by atoms with Crippen molar-refractivity contribution in [3.8, 4) is 0 Å². The summed E-state index contributed by atoms with van der Waals surface area (Å²) in [5.74, 6) is 0.743. The van der Waals surface area contributed by atoms with Gasteiger partial charge < -0.3 is 4.74 Å². The van der Waals surface area contributed by atoms with Crippen molar-refractivity contribution in [2.75, 3.05) is 6.61 Å². The van der Waals surface area contributed by atoms with Crippen LogP contribution in [0, 0.1) is 0 Å². The highest BCUT2D eigenvalue weighted by molar-refractivity contribution is 6.28. The van der Waals surface area contributed by atoms with Crippen LogP contribution in [0.5, 0.6) is 0 Å². The lowest BCUT2D eigenvalue weighted by molar-refractivity contribution is 0.105. The molecule has 0 amide bonds. The molecule has 60 valence electrons. The number of hydrogen-bond acceptors (Lipinski definition) is 3. The second-order valence-corrected chi connectivity index (χ2v) is 2.83. The second-order valence-electron chi connectivity index (χ2n) is 2.49. The average molecular weight is 174 g/mol. The number of nitrogens with one attached hydrogen (secondary N) is 1. The Morgan fingerprint density at radius 1 is 1.64 bits per heavy atom. The van der Waals surface area contributed by atoms with Crippen molar-refractivity contribution >= 4 is 11.6 Å². The maximum absolute atomic E-state index is 5.53. The molecule has 1 aromatic rings. The van der Waals surface area contributed by atoms with E-state index in [-0.39, 0.29) is 11.4 Å². The van der Waals surface area contributed by atoms with Gasteiger partial charge in [-0.1, -0.05) is 0 Å². The van der Waals surface area contributed by atoms with E-state index in [0.29, 0.717) is 0 Å². The van der Waals surface area contributed by atoms with Crippen LogP contribution < -0.4 is 0 Å². The zero-order valence-electron chi connectivity index (χ0n) is 5.88. The summed E-state index contributed by atoms with van der Waals surface area (Å²) in [5.41, 5.74) is 0. The largest absolute Gasteiger partial charge is 0.370 e. The molecule has 1 saturated heterocycles. The lowest BCUT2D eigenvalue weighted by atomic mass is 10.2. The Kier molecular flexibility index (Phi) is 1.79. The summed E-state index contributed by atoms with van der Waals surface area (Å²) in [5, 5.41) is 6.70. The summed E-state index contributed by atoms with van der Waals surface area (Å²) in [7, 11) is 0. The van der Waals surface area contributed by atoms with Gasteiger partial charge in [0.25, 0.3) is 0 Å². The van der Waals surface area contributed by atoms with E-state index in [4.69, 9.17) is 16.3 Å². The summed E-state index contributed by atoms with van der Waals surface area (Å²) in [4.78, 5) is 3.97. The predicted molar refractivity (Wildman–Crippen MR) is 39.3 cm³/mol. The van der Waals surface area contributed by atoms with Gasteiger partial charge in [0.05, 0.1) is 0 Å². The lowest BCUT2D eigenvalue weighted by Crippen LogP contribution is -1.97. The van der Waals surface area contributed by atoms with Crippen LogP contribution in [0.1, 0.15) is 24.8 Å². The van der Waals surface area contributed by atoms with Crippen LogP contribution in [0.3, 0.4) is 0 Å². The van der Waals surface area contributed by atoms with Gasteiger partial charge in [-0.25, -0.2) is 0 Å². The Balaban J connectivity index is 2.15. The number of halogens is 1. The van der Waals surface area contributed by atoms with Crippen LogP contribution in [-0.2, 0) is 4.74 Å². The molecule has 1 aromatic heterocycles. The highest BCUT2D eigenvalue weighted by atomic mass is 35.5. The first-order valence-electron chi connectivity index (χ1n) is 3.55. The van der Waals surface area contributed by atoms with Crippen LogP contribution in [0.4, 0.5) is 0 Å². The summed E-state index contributed by atoms with van der Waals surface area (Å²) >= 11 is 5.53. The summed E-state index contributed by atoms with van der Waals surface area (Å²) in [6, 6.07) is 0. The van der Waals surface area contributed by atoms with Crippen LogP contribution in [0.25, 0.3) is 0 Å². The summed E-state index contributed by atoms with van der Waals surface area (Å²) in [6.45, 7) is 0.809. The molecule has 1 fully saturated rings. The number of rotatable bonds is 1. The van der Waals surface area contributed by atoms with Gasteiger partial charge in [0.15, 0.2) is 5.82 Å². The number of nitrogens with zero attached hydrogens (tertiary/aromatic N) is 2. The Labute approximate surface area is 68.9 Å². The summed E-state index contributed by atoms with van der Waals surface area (Å²) in [6.07, 6.45) is 2.17. The third kappa shape index (κ3) is 1.36. The molecule has 0 bridgehead atoms. The van der Waals surface area contributed by atoms with E-state index >= 15 is 0 Å². The Bertz CT molecular complexity index is 244. The smallest absolute Gasteiger partial charge is 0.242 e. The van der Waals surface area contributed by atoms with Gasteiger partial charge in [-0.15, -0.1) is 5.10 Å². The fourth-order valence-corrected chi connectivity index (χ4v) is 1.32.